The molecule has 0 spiro atoms. The molecule has 2 aliphatic heterocycles. The number of rotatable bonds is 12. The summed E-state index contributed by atoms with van der Waals surface area (Å²) in [5, 5.41) is 21.0. The van der Waals surface area contributed by atoms with E-state index in [9.17, 15) is 10.5 Å². The number of nitriles is 2. The topological polar surface area (TPSA) is 109 Å². The molecule has 70 heavy (non-hydrogen) atoms. The molecule has 11 rings (SSSR count). The average Bonchev–Trinajstić information content (AvgIpc) is 3.41. The largest absolute Gasteiger partial charge is 0.427 e. The molecule has 0 unspecified atom stereocenters. The molecule has 0 saturated heterocycles. The minimum Gasteiger partial charge on any atom is -0.427 e. The van der Waals surface area contributed by atoms with Gasteiger partial charge in [-0.15, -0.1) is 0 Å². The van der Waals surface area contributed by atoms with Crippen LogP contribution in [0.5, 0.6) is 23.0 Å². The molecule has 0 aromatic heterocycles. The first-order chi connectivity index (χ1) is 34.5. The molecule has 8 nitrogen and oxygen atoms in total. The number of para-hydroxylation sites is 4. The maximum Gasteiger partial charge on any atom is 0.352 e. The van der Waals surface area contributed by atoms with Crippen molar-refractivity contribution in [3.8, 4) is 57.4 Å². The molecule has 0 fully saturated rings. The number of fused-ring (bicyclic) bond motifs is 2. The molecular formula is C60H40N4O4P2. The zero-order valence-electron chi connectivity index (χ0n) is 37.4. The van der Waals surface area contributed by atoms with E-state index < -0.39 is 15.0 Å². The number of hydrogen-bond donors (Lipinski definition) is 0. The quantitative estimate of drug-likeness (QED) is 0.113. The fourth-order valence-electron chi connectivity index (χ4n) is 8.53. The second-order valence-corrected chi connectivity index (χ2v) is 20.5. The number of hydrogen-bond acceptors (Lipinski definition) is 8. The van der Waals surface area contributed by atoms with Crippen LogP contribution in [-0.2, 0) is 0 Å². The molecule has 2 aliphatic rings. The van der Waals surface area contributed by atoms with Gasteiger partial charge in [0.2, 0.25) is 0 Å². The van der Waals surface area contributed by atoms with Gasteiger partial charge in [0.05, 0.1) is 45.3 Å². The van der Waals surface area contributed by atoms with Gasteiger partial charge >= 0.3 is 15.0 Å². The fraction of sp³-hybridized carbons (Fsp3) is 0. The van der Waals surface area contributed by atoms with Crippen molar-refractivity contribution in [2.24, 2.45) is 9.49 Å². The Morgan fingerprint density at radius 2 is 0.614 bits per heavy atom. The molecule has 0 radical (unpaired) electrons. The first-order valence-electron chi connectivity index (χ1n) is 22.5. The molecule has 0 bridgehead atoms. The van der Waals surface area contributed by atoms with Gasteiger partial charge in [0.15, 0.2) is 0 Å². The first-order valence-corrected chi connectivity index (χ1v) is 25.7. The van der Waals surface area contributed by atoms with Gasteiger partial charge in [0.25, 0.3) is 0 Å². The minimum absolute atomic E-state index is 0.543. The van der Waals surface area contributed by atoms with Crippen molar-refractivity contribution in [3.63, 3.8) is 0 Å². The SMILES string of the molecule is N#Cc1ccc(C2=Cc3cccc(-c4ccccc4-c4cccc5c4N=P(Oc4ccccc4)(Oc4ccccc4)C(c4ccc(C#N)cc4)=C5)c3N=P2(Oc2ccccc2)Oc2ccccc2)cc1. The molecule has 10 heteroatoms. The predicted octanol–water partition coefficient (Wildman–Crippen LogP) is 17.4. The molecule has 0 amide bonds. The summed E-state index contributed by atoms with van der Waals surface area (Å²) < 4.78 is 39.8. The van der Waals surface area contributed by atoms with E-state index in [-0.39, 0.29) is 0 Å². The first kappa shape index (κ1) is 43.7. The highest BCUT2D eigenvalue weighted by atomic mass is 31.2. The van der Waals surface area contributed by atoms with Crippen LogP contribution >= 0.6 is 15.0 Å². The maximum absolute atomic E-state index is 9.74. The van der Waals surface area contributed by atoms with Crippen LogP contribution < -0.4 is 18.1 Å². The molecule has 0 atom stereocenters. The normalized spacial score (nSPS) is 13.7. The summed E-state index contributed by atoms with van der Waals surface area (Å²) in [7, 11) is -6.94. The van der Waals surface area contributed by atoms with Crippen molar-refractivity contribution in [1.29, 1.82) is 10.5 Å². The third kappa shape index (κ3) is 8.62. The van der Waals surface area contributed by atoms with Crippen LogP contribution in [-0.4, -0.2) is 0 Å². The van der Waals surface area contributed by atoms with Crippen LogP contribution in [0.25, 0.3) is 45.0 Å². The fourth-order valence-corrected chi connectivity index (χ4v) is 13.5. The lowest BCUT2D eigenvalue weighted by Crippen LogP contribution is -2.07. The number of nitrogens with zero attached hydrogens (tertiary/aromatic N) is 4. The lowest BCUT2D eigenvalue weighted by atomic mass is 9.90. The van der Waals surface area contributed by atoms with Crippen LogP contribution in [0.15, 0.2) is 240 Å². The van der Waals surface area contributed by atoms with E-state index in [0.29, 0.717) is 45.5 Å². The Bertz CT molecular complexity index is 3340. The second kappa shape index (κ2) is 19.0. The standard InChI is InChI=1S/C60H40N4O4P2/c61-41-43-31-35-45(36-32-43)57-39-47-17-15-29-55(59(47)63-69(57,65-49-19-5-1-6-20-49)66-50-21-7-2-8-22-50)53-27-13-14-28-54(53)56-30-16-18-48-40-58(46-37-33-44(42-62)34-38-46)70(64-60(48)56,67-51-23-9-3-10-24-51)68-52-25-11-4-12-26-52/h1-40H. The summed E-state index contributed by atoms with van der Waals surface area (Å²) in [4.78, 5) is 0. The monoisotopic (exact) mass is 942 g/mol. The summed E-state index contributed by atoms with van der Waals surface area (Å²) in [6.07, 6.45) is 4.23. The maximum atomic E-state index is 9.74. The lowest BCUT2D eigenvalue weighted by Gasteiger charge is -2.32. The highest BCUT2D eigenvalue weighted by Crippen LogP contribution is 2.69. The van der Waals surface area contributed by atoms with E-state index in [4.69, 9.17) is 27.6 Å². The van der Waals surface area contributed by atoms with E-state index >= 15 is 0 Å². The summed E-state index contributed by atoms with van der Waals surface area (Å²) in [5.74, 6) is 2.41. The smallest absolute Gasteiger partial charge is 0.352 e. The Kier molecular flexibility index (Phi) is 11.9. The van der Waals surface area contributed by atoms with E-state index in [0.717, 1.165) is 55.1 Å². The Morgan fingerprint density at radius 3 is 0.929 bits per heavy atom. The van der Waals surface area contributed by atoms with Gasteiger partial charge in [-0.05, 0) is 107 Å². The van der Waals surface area contributed by atoms with Gasteiger partial charge in [-0.3, -0.25) is 0 Å². The summed E-state index contributed by atoms with van der Waals surface area (Å²) in [5.41, 5.74) is 9.47. The van der Waals surface area contributed by atoms with Crippen LogP contribution in [0.1, 0.15) is 33.4 Å². The molecule has 9 aromatic rings. The third-order valence-electron chi connectivity index (χ3n) is 11.8. The molecule has 0 N–H and O–H groups in total. The van der Waals surface area contributed by atoms with E-state index in [1.165, 1.54) is 0 Å². The van der Waals surface area contributed by atoms with Gasteiger partial charge in [0, 0.05) is 22.3 Å². The van der Waals surface area contributed by atoms with Crippen LogP contribution in [0.2, 0.25) is 0 Å². The van der Waals surface area contributed by atoms with Crippen molar-refractivity contribution in [3.05, 3.63) is 264 Å². The molecular weight excluding hydrogens is 903 g/mol. The molecule has 9 aromatic carbocycles. The van der Waals surface area contributed by atoms with Gasteiger partial charge in [-0.2, -0.15) is 20.0 Å². The van der Waals surface area contributed by atoms with Crippen LogP contribution in [0.3, 0.4) is 0 Å². The zero-order valence-corrected chi connectivity index (χ0v) is 39.2. The highest BCUT2D eigenvalue weighted by Gasteiger charge is 2.39. The Hall–Kier alpha value is -8.90. The van der Waals surface area contributed by atoms with Gasteiger partial charge < -0.3 is 18.1 Å². The Morgan fingerprint density at radius 1 is 0.314 bits per heavy atom. The van der Waals surface area contributed by atoms with Crippen molar-refractivity contribution >= 4 is 49.2 Å². The molecule has 0 saturated carbocycles. The van der Waals surface area contributed by atoms with E-state index in [1.807, 2.05) is 170 Å². The Balaban J connectivity index is 1.14. The number of benzene rings is 9. The van der Waals surface area contributed by atoms with Crippen molar-refractivity contribution < 1.29 is 18.1 Å². The molecule has 334 valence electrons. The minimum atomic E-state index is -3.47. The van der Waals surface area contributed by atoms with Crippen molar-refractivity contribution in [2.45, 2.75) is 0 Å². The summed E-state index contributed by atoms with van der Waals surface area (Å²) in [6.45, 7) is 0. The van der Waals surface area contributed by atoms with Gasteiger partial charge in [-0.1, -0.05) is 158 Å². The van der Waals surface area contributed by atoms with Crippen LogP contribution in [0, 0.1) is 22.7 Å². The second-order valence-electron chi connectivity index (χ2n) is 16.3. The zero-order chi connectivity index (χ0) is 47.3. The van der Waals surface area contributed by atoms with E-state index in [2.05, 4.69) is 60.7 Å². The van der Waals surface area contributed by atoms with Gasteiger partial charge in [-0.25, -0.2) is 0 Å². The average molecular weight is 943 g/mol. The molecule has 2 heterocycles. The summed E-state index contributed by atoms with van der Waals surface area (Å²) in [6, 6.07) is 78.6. The lowest BCUT2D eigenvalue weighted by molar-refractivity contribution is 0.487. The van der Waals surface area contributed by atoms with E-state index in [1.54, 1.807) is 24.3 Å². The third-order valence-corrected chi connectivity index (χ3v) is 16.6. The van der Waals surface area contributed by atoms with Crippen molar-refractivity contribution in [2.75, 3.05) is 0 Å². The predicted molar refractivity (Wildman–Crippen MR) is 282 cm³/mol. The van der Waals surface area contributed by atoms with Crippen LogP contribution in [0.4, 0.5) is 11.4 Å². The highest BCUT2D eigenvalue weighted by molar-refractivity contribution is 7.69. The Labute approximate surface area is 406 Å². The van der Waals surface area contributed by atoms with Gasteiger partial charge in [0.1, 0.15) is 23.0 Å². The van der Waals surface area contributed by atoms with Crippen molar-refractivity contribution in [1.82, 2.24) is 0 Å². The summed E-state index contributed by atoms with van der Waals surface area (Å²) >= 11 is 0. The molecule has 0 aliphatic carbocycles.